The fourth-order valence-corrected chi connectivity index (χ4v) is 5.86. The first-order valence-electron chi connectivity index (χ1n) is 12.9. The molecule has 2 aliphatic heterocycles. The summed E-state index contributed by atoms with van der Waals surface area (Å²) in [6, 6.07) is 10.8. The van der Waals surface area contributed by atoms with E-state index >= 15 is 0 Å². The maximum atomic E-state index is 5.33. The van der Waals surface area contributed by atoms with E-state index in [4.69, 9.17) is 9.97 Å². The molecule has 2 aromatic heterocycles. The summed E-state index contributed by atoms with van der Waals surface area (Å²) >= 11 is 1.55. The molecule has 6 heteroatoms. The van der Waals surface area contributed by atoms with Crippen LogP contribution in [-0.2, 0) is 5.41 Å². The summed E-state index contributed by atoms with van der Waals surface area (Å²) in [5.74, 6) is 2.59. The average Bonchev–Trinajstić information content (AvgIpc) is 3.12. The van der Waals surface area contributed by atoms with Gasteiger partial charge < -0.3 is 14.9 Å². The van der Waals surface area contributed by atoms with Gasteiger partial charge in [0.1, 0.15) is 16.7 Å². The molecule has 0 saturated carbocycles. The number of rotatable bonds is 2. The number of anilines is 2. The highest BCUT2D eigenvalue weighted by Crippen LogP contribution is 2.42. The Kier molecular flexibility index (Phi) is 7.51. The van der Waals surface area contributed by atoms with Crippen LogP contribution in [-0.4, -0.2) is 28.1 Å². The van der Waals surface area contributed by atoms with Crippen LogP contribution in [0.2, 0.25) is 0 Å². The largest absolute Gasteiger partial charge is 0.364 e. The maximum absolute atomic E-state index is 5.33. The number of aromatic nitrogens is 2. The molecule has 0 aliphatic carbocycles. The number of fused-ring (bicyclic) bond motifs is 6. The minimum absolute atomic E-state index is 0.0146. The maximum Gasteiger partial charge on any atom is 0.138 e. The summed E-state index contributed by atoms with van der Waals surface area (Å²) < 4.78 is 3.62. The first kappa shape index (κ1) is 25.6. The molecular weight excluding hydrogens is 450 g/mol. The number of nitrogens with zero attached hydrogens (tertiary/aromatic N) is 3. The molecule has 2 atom stereocenters. The summed E-state index contributed by atoms with van der Waals surface area (Å²) in [5.41, 5.74) is 3.40. The van der Waals surface area contributed by atoms with E-state index in [2.05, 4.69) is 87.3 Å². The number of allylic oxidation sites excluding steroid dienone is 1. The molecule has 188 valence electrons. The third kappa shape index (κ3) is 5.85. The summed E-state index contributed by atoms with van der Waals surface area (Å²) in [4.78, 5) is 12.7. The van der Waals surface area contributed by atoms with E-state index < -0.39 is 0 Å². The van der Waals surface area contributed by atoms with Crippen LogP contribution in [0.4, 0.5) is 11.6 Å². The van der Waals surface area contributed by atoms with Crippen molar-refractivity contribution in [3.8, 4) is 0 Å². The first-order valence-corrected chi connectivity index (χ1v) is 13.7. The molecule has 2 N–H and O–H groups in total. The van der Waals surface area contributed by atoms with Gasteiger partial charge in [0.25, 0.3) is 0 Å². The van der Waals surface area contributed by atoms with Crippen molar-refractivity contribution in [3.05, 3.63) is 60.3 Å². The van der Waals surface area contributed by atoms with Crippen molar-refractivity contribution in [1.82, 2.24) is 14.7 Å². The predicted octanol–water partition coefficient (Wildman–Crippen LogP) is 7.19. The molecule has 0 spiro atoms. The molecule has 4 bridgehead atoms. The van der Waals surface area contributed by atoms with Gasteiger partial charge in [-0.05, 0) is 69.7 Å². The highest BCUT2D eigenvalue weighted by molar-refractivity contribution is 7.97. The molecule has 5 nitrogen and oxygen atoms in total. The van der Waals surface area contributed by atoms with Gasteiger partial charge in [0.15, 0.2) is 0 Å². The van der Waals surface area contributed by atoms with Crippen LogP contribution >= 0.6 is 11.9 Å². The predicted molar refractivity (Wildman–Crippen MR) is 151 cm³/mol. The lowest BCUT2D eigenvalue weighted by molar-refractivity contribution is 0.441. The Hall–Kier alpha value is -2.47. The molecule has 0 aromatic carbocycles. The molecule has 0 amide bonds. The highest BCUT2D eigenvalue weighted by atomic mass is 32.2. The van der Waals surface area contributed by atoms with Gasteiger partial charge in [-0.1, -0.05) is 45.9 Å². The number of pyridine rings is 2. The average molecular weight is 492 g/mol. The molecule has 2 unspecified atom stereocenters. The Bertz CT molecular complexity index is 1080. The van der Waals surface area contributed by atoms with Crippen molar-refractivity contribution in [2.45, 2.75) is 89.2 Å². The van der Waals surface area contributed by atoms with Crippen molar-refractivity contribution < 1.29 is 0 Å². The van der Waals surface area contributed by atoms with Crippen molar-refractivity contribution >= 4 is 29.3 Å². The Balaban J connectivity index is 1.83. The molecular formula is C29H41N5S. The van der Waals surface area contributed by atoms with Crippen LogP contribution < -0.4 is 14.9 Å². The van der Waals surface area contributed by atoms with E-state index in [1.165, 1.54) is 0 Å². The minimum atomic E-state index is -0.0146. The normalized spacial score (nSPS) is 23.5. The lowest BCUT2D eigenvalue weighted by Crippen LogP contribution is -2.40. The van der Waals surface area contributed by atoms with E-state index in [1.807, 2.05) is 18.2 Å². The summed E-state index contributed by atoms with van der Waals surface area (Å²) in [6.45, 7) is 18.7. The van der Waals surface area contributed by atoms with Crippen LogP contribution in [0.25, 0.3) is 5.70 Å². The lowest BCUT2D eigenvalue weighted by atomic mass is 9.90. The van der Waals surface area contributed by atoms with Gasteiger partial charge >= 0.3 is 0 Å². The van der Waals surface area contributed by atoms with E-state index in [-0.39, 0.29) is 17.0 Å². The van der Waals surface area contributed by atoms with Gasteiger partial charge in [-0.3, -0.25) is 0 Å². The Labute approximate surface area is 216 Å². The highest BCUT2D eigenvalue weighted by Gasteiger charge is 2.40. The topological polar surface area (TPSA) is 53.1 Å². The van der Waals surface area contributed by atoms with Gasteiger partial charge in [0.05, 0.1) is 5.70 Å². The minimum Gasteiger partial charge on any atom is -0.364 e. The number of nitrogens with one attached hydrogen (secondary N) is 2. The fraction of sp³-hybridized carbons (Fsp3) is 0.517. The molecule has 4 heterocycles. The number of hydrogen-bond acceptors (Lipinski definition) is 6. The smallest absolute Gasteiger partial charge is 0.138 e. The molecule has 1 saturated heterocycles. The first-order chi connectivity index (χ1) is 16.6. The van der Waals surface area contributed by atoms with Crippen molar-refractivity contribution in [2.75, 3.05) is 16.8 Å². The van der Waals surface area contributed by atoms with Crippen molar-refractivity contribution in [3.63, 3.8) is 0 Å². The van der Waals surface area contributed by atoms with Crippen LogP contribution in [0.15, 0.2) is 54.1 Å². The molecule has 2 aromatic rings. The van der Waals surface area contributed by atoms with Gasteiger partial charge in [-0.2, -0.15) is 0 Å². The molecule has 0 radical (unpaired) electrons. The zero-order valence-electron chi connectivity index (χ0n) is 22.2. The Morgan fingerprint density at radius 1 is 1.17 bits per heavy atom. The van der Waals surface area contributed by atoms with E-state index in [0.29, 0.717) is 5.92 Å². The van der Waals surface area contributed by atoms with Crippen LogP contribution in [0.1, 0.15) is 78.5 Å². The van der Waals surface area contributed by atoms with Gasteiger partial charge in [-0.15, -0.1) is 6.58 Å². The zero-order valence-corrected chi connectivity index (χ0v) is 23.0. The third-order valence-corrected chi connectivity index (χ3v) is 7.81. The summed E-state index contributed by atoms with van der Waals surface area (Å²) in [5, 5.41) is 4.51. The van der Waals surface area contributed by atoms with Crippen molar-refractivity contribution in [1.29, 1.82) is 0 Å². The second-order valence-electron chi connectivity index (χ2n) is 11.5. The fourth-order valence-electron chi connectivity index (χ4n) is 5.16. The SMILES string of the molecule is C=CC1CCC2CN(c3nc(C(C)(C)C)ccc3/C(=C\CC)NSc3cccc(n3)N1)C(C)(C)C2. The van der Waals surface area contributed by atoms with Crippen molar-refractivity contribution in [2.24, 2.45) is 5.92 Å². The van der Waals surface area contributed by atoms with E-state index in [9.17, 15) is 0 Å². The standard InChI is InChI=1S/C29H41N5S/c1-8-11-23-22-16-17-24(28(3,4)5)31-27(22)34-19-20(18-29(34,6)7)14-15-21(9-2)30-25-12-10-13-26(32-25)35-33-23/h9-13,16-17,20-21,33H,2,8,14-15,18-19H2,1,3-7H3,(H,30,32)/b23-11+. The second-order valence-corrected chi connectivity index (χ2v) is 12.3. The van der Waals surface area contributed by atoms with Gasteiger partial charge in [0.2, 0.25) is 0 Å². The van der Waals surface area contributed by atoms with Gasteiger partial charge in [-0.25, -0.2) is 9.97 Å². The van der Waals surface area contributed by atoms with E-state index in [1.54, 1.807) is 11.9 Å². The third-order valence-electron chi connectivity index (χ3n) is 7.05. The van der Waals surface area contributed by atoms with Crippen LogP contribution in [0, 0.1) is 5.92 Å². The van der Waals surface area contributed by atoms with Gasteiger partial charge in [0, 0.05) is 46.7 Å². The van der Waals surface area contributed by atoms with Crippen LogP contribution in [0.3, 0.4) is 0 Å². The van der Waals surface area contributed by atoms with E-state index in [0.717, 1.165) is 65.8 Å². The second kappa shape index (κ2) is 10.3. The zero-order chi connectivity index (χ0) is 25.2. The lowest BCUT2D eigenvalue weighted by Gasteiger charge is -2.35. The quantitative estimate of drug-likeness (QED) is 0.343. The Morgan fingerprint density at radius 3 is 2.69 bits per heavy atom. The molecule has 2 aliphatic rings. The monoisotopic (exact) mass is 491 g/mol. The number of hydrogen-bond donors (Lipinski definition) is 2. The Morgan fingerprint density at radius 2 is 1.97 bits per heavy atom. The molecule has 35 heavy (non-hydrogen) atoms. The summed E-state index contributed by atoms with van der Waals surface area (Å²) in [6.07, 6.45) is 8.55. The molecule has 4 rings (SSSR count). The molecule has 1 fully saturated rings. The van der Waals surface area contributed by atoms with Crippen LogP contribution in [0.5, 0.6) is 0 Å². The summed E-state index contributed by atoms with van der Waals surface area (Å²) in [7, 11) is 0.